The molecule has 1 heteroatoms. The van der Waals surface area contributed by atoms with Crippen molar-refractivity contribution in [1.29, 1.82) is 0 Å². The average Bonchev–Trinajstić information content (AvgIpc) is 3.05. The highest BCUT2D eigenvalue weighted by molar-refractivity contribution is 6.07. The van der Waals surface area contributed by atoms with Crippen LogP contribution in [0.4, 0.5) is 0 Å². The molecule has 0 aromatic heterocycles. The number of hydrogen-bond acceptors (Lipinski definition) is 1. The van der Waals surface area contributed by atoms with Gasteiger partial charge < -0.3 is 0 Å². The average molecular weight is 367 g/mol. The van der Waals surface area contributed by atoms with E-state index in [2.05, 4.69) is 80.6 Å². The summed E-state index contributed by atoms with van der Waals surface area (Å²) in [5.74, 6) is 0.104. The van der Waals surface area contributed by atoms with Crippen LogP contribution in [0.5, 0.6) is 0 Å². The number of benzene rings is 3. The summed E-state index contributed by atoms with van der Waals surface area (Å²) in [7, 11) is 0. The molecule has 140 valence electrons. The van der Waals surface area contributed by atoms with E-state index < -0.39 is 0 Å². The van der Waals surface area contributed by atoms with Gasteiger partial charge in [0.1, 0.15) is 0 Å². The molecule has 4 rings (SSSR count). The van der Waals surface area contributed by atoms with E-state index >= 15 is 0 Å². The Balaban J connectivity index is 2.05. The molecule has 0 atom stereocenters. The largest absolute Gasteiger partial charge is 0.295 e. The molecule has 0 N–H and O–H groups in total. The van der Waals surface area contributed by atoms with Gasteiger partial charge in [-0.2, -0.15) is 0 Å². The zero-order valence-corrected chi connectivity index (χ0v) is 16.8. The molecular formula is C27H26O. The van der Waals surface area contributed by atoms with Crippen molar-refractivity contribution in [2.45, 2.75) is 39.0 Å². The second-order valence-electron chi connectivity index (χ2n) is 7.58. The maximum absolute atomic E-state index is 11.7. The summed E-state index contributed by atoms with van der Waals surface area (Å²) in [5.41, 5.74) is 8.69. The van der Waals surface area contributed by atoms with Gasteiger partial charge in [0.05, 0.1) is 0 Å². The molecule has 0 saturated heterocycles. The third kappa shape index (κ3) is 2.74. The quantitative estimate of drug-likeness (QED) is 0.448. The van der Waals surface area contributed by atoms with Gasteiger partial charge in [0, 0.05) is 11.0 Å². The van der Waals surface area contributed by atoms with E-state index in [9.17, 15) is 4.79 Å². The van der Waals surface area contributed by atoms with Crippen molar-refractivity contribution in [3.8, 4) is 0 Å². The van der Waals surface area contributed by atoms with Crippen LogP contribution in [0.3, 0.4) is 0 Å². The standard InChI is InChI=1S/C27H26O/c1-4-27(5-2)24-14-10-9-13-23(24)25(26(27)22-11-7-6-8-12-22)21-17-15-20(16-18-21)19(3)28/h6-18H,4-5H2,1-3H3. The summed E-state index contributed by atoms with van der Waals surface area (Å²) in [5, 5.41) is 0. The molecule has 0 spiro atoms. The van der Waals surface area contributed by atoms with Crippen molar-refractivity contribution in [2.24, 2.45) is 0 Å². The van der Waals surface area contributed by atoms with Gasteiger partial charge in [0.25, 0.3) is 0 Å². The molecule has 0 bridgehead atoms. The molecule has 0 unspecified atom stereocenters. The SMILES string of the molecule is CCC1(CC)C(c2ccccc2)=C(c2ccc(C(C)=O)cc2)c2ccccc21. The third-order valence-electron chi connectivity index (χ3n) is 6.29. The van der Waals surface area contributed by atoms with Crippen LogP contribution in [0.1, 0.15) is 66.2 Å². The van der Waals surface area contributed by atoms with E-state index in [-0.39, 0.29) is 11.2 Å². The summed E-state index contributed by atoms with van der Waals surface area (Å²) in [6.07, 6.45) is 2.11. The molecule has 0 heterocycles. The third-order valence-corrected chi connectivity index (χ3v) is 6.29. The number of rotatable bonds is 5. The normalized spacial score (nSPS) is 14.8. The van der Waals surface area contributed by atoms with E-state index in [0.717, 1.165) is 18.4 Å². The van der Waals surface area contributed by atoms with Crippen LogP contribution in [0.25, 0.3) is 11.1 Å². The first-order valence-electron chi connectivity index (χ1n) is 10.1. The fourth-order valence-corrected chi connectivity index (χ4v) is 4.81. The lowest BCUT2D eigenvalue weighted by Gasteiger charge is -2.32. The number of Topliss-reactive ketones (excluding diaryl/α,β-unsaturated/α-hetero) is 1. The van der Waals surface area contributed by atoms with Gasteiger partial charge in [0.2, 0.25) is 0 Å². The predicted molar refractivity (Wildman–Crippen MR) is 118 cm³/mol. The molecule has 0 saturated carbocycles. The lowest BCUT2D eigenvalue weighted by molar-refractivity contribution is 0.101. The Morgan fingerprint density at radius 1 is 0.750 bits per heavy atom. The van der Waals surface area contributed by atoms with E-state index in [1.807, 2.05) is 12.1 Å². The van der Waals surface area contributed by atoms with Crippen molar-refractivity contribution in [1.82, 2.24) is 0 Å². The van der Waals surface area contributed by atoms with Crippen LogP contribution in [0.15, 0.2) is 78.9 Å². The van der Waals surface area contributed by atoms with Crippen molar-refractivity contribution >= 4 is 16.9 Å². The lowest BCUT2D eigenvalue weighted by atomic mass is 9.70. The smallest absolute Gasteiger partial charge is 0.159 e. The Bertz CT molecular complexity index is 1040. The highest BCUT2D eigenvalue weighted by Crippen LogP contribution is 2.56. The summed E-state index contributed by atoms with van der Waals surface area (Å²) >= 11 is 0. The topological polar surface area (TPSA) is 17.1 Å². The van der Waals surface area contributed by atoms with Crippen LogP contribution < -0.4 is 0 Å². The Morgan fingerprint density at radius 2 is 1.36 bits per heavy atom. The van der Waals surface area contributed by atoms with Gasteiger partial charge >= 0.3 is 0 Å². The maximum atomic E-state index is 11.7. The van der Waals surface area contributed by atoms with Crippen LogP contribution in [0, 0.1) is 0 Å². The molecule has 0 aliphatic heterocycles. The Labute approximate surface area is 167 Å². The van der Waals surface area contributed by atoms with Crippen LogP contribution in [0.2, 0.25) is 0 Å². The van der Waals surface area contributed by atoms with Crippen LogP contribution in [-0.2, 0) is 5.41 Å². The van der Waals surface area contributed by atoms with Crippen molar-refractivity contribution in [2.75, 3.05) is 0 Å². The fraction of sp³-hybridized carbons (Fsp3) is 0.222. The number of carbonyl (C=O) groups is 1. The van der Waals surface area contributed by atoms with E-state index in [0.29, 0.717) is 0 Å². The molecule has 0 amide bonds. The Kier molecular flexibility index (Phi) is 4.77. The minimum Gasteiger partial charge on any atom is -0.295 e. The zero-order valence-electron chi connectivity index (χ0n) is 16.8. The number of hydrogen-bond donors (Lipinski definition) is 0. The molecule has 28 heavy (non-hydrogen) atoms. The molecule has 1 aliphatic carbocycles. The minimum absolute atomic E-state index is 0.00648. The predicted octanol–water partition coefficient (Wildman–Crippen LogP) is 6.92. The first-order chi connectivity index (χ1) is 13.6. The second-order valence-corrected chi connectivity index (χ2v) is 7.58. The maximum Gasteiger partial charge on any atom is 0.159 e. The highest BCUT2D eigenvalue weighted by Gasteiger charge is 2.43. The van der Waals surface area contributed by atoms with E-state index in [1.165, 1.54) is 33.4 Å². The summed E-state index contributed by atoms with van der Waals surface area (Å²) < 4.78 is 0. The molecule has 3 aromatic rings. The van der Waals surface area contributed by atoms with Gasteiger partial charge in [-0.1, -0.05) is 92.7 Å². The molecule has 1 nitrogen and oxygen atoms in total. The summed E-state index contributed by atoms with van der Waals surface area (Å²) in [4.78, 5) is 11.7. The van der Waals surface area contributed by atoms with Crippen molar-refractivity contribution in [3.05, 3.63) is 107 Å². The Morgan fingerprint density at radius 3 is 1.96 bits per heavy atom. The second kappa shape index (κ2) is 7.24. The summed E-state index contributed by atoms with van der Waals surface area (Å²) in [6.45, 7) is 6.21. The molecule has 1 aliphatic rings. The first-order valence-corrected chi connectivity index (χ1v) is 10.1. The zero-order chi connectivity index (χ0) is 19.7. The van der Waals surface area contributed by atoms with E-state index in [1.54, 1.807) is 6.92 Å². The minimum atomic E-state index is 0.00648. The number of carbonyl (C=O) groups excluding carboxylic acids is 1. The van der Waals surface area contributed by atoms with Gasteiger partial charge in [-0.25, -0.2) is 0 Å². The van der Waals surface area contributed by atoms with Gasteiger partial charge in [-0.15, -0.1) is 0 Å². The highest BCUT2D eigenvalue weighted by atomic mass is 16.1. The van der Waals surface area contributed by atoms with Gasteiger partial charge in [-0.05, 0) is 53.2 Å². The number of allylic oxidation sites excluding steroid dienone is 1. The van der Waals surface area contributed by atoms with Crippen LogP contribution in [-0.4, -0.2) is 5.78 Å². The molecule has 0 fully saturated rings. The number of ketones is 1. The van der Waals surface area contributed by atoms with E-state index in [4.69, 9.17) is 0 Å². The molecular weight excluding hydrogens is 340 g/mol. The Hall–Kier alpha value is -2.93. The monoisotopic (exact) mass is 366 g/mol. The first kappa shape index (κ1) is 18.4. The molecule has 3 aromatic carbocycles. The van der Waals surface area contributed by atoms with Crippen molar-refractivity contribution < 1.29 is 4.79 Å². The fourth-order valence-electron chi connectivity index (χ4n) is 4.81. The number of fused-ring (bicyclic) bond motifs is 1. The van der Waals surface area contributed by atoms with Gasteiger partial charge in [-0.3, -0.25) is 4.79 Å². The molecule has 0 radical (unpaired) electrons. The summed E-state index contributed by atoms with van der Waals surface area (Å²) in [6, 6.07) is 27.7. The lowest BCUT2D eigenvalue weighted by Crippen LogP contribution is -2.24. The van der Waals surface area contributed by atoms with Crippen molar-refractivity contribution in [3.63, 3.8) is 0 Å². The van der Waals surface area contributed by atoms with Gasteiger partial charge in [0.15, 0.2) is 5.78 Å². The van der Waals surface area contributed by atoms with Crippen LogP contribution >= 0.6 is 0 Å².